The smallest absolute Gasteiger partial charge is 0.323 e. The number of H-pyrrole nitrogens is 1. The molecule has 4 rings (SSSR count). The summed E-state index contributed by atoms with van der Waals surface area (Å²) in [7, 11) is 0. The molecule has 0 spiro atoms. The van der Waals surface area contributed by atoms with E-state index in [1.807, 2.05) is 48.5 Å². The van der Waals surface area contributed by atoms with E-state index < -0.39 is 0 Å². The fourth-order valence-corrected chi connectivity index (χ4v) is 3.68. The number of amides is 2. The number of hydrogen-bond acceptors (Lipinski definition) is 2. The Bertz CT molecular complexity index is 1000. The third kappa shape index (κ3) is 3.94. The van der Waals surface area contributed by atoms with Gasteiger partial charge in [0, 0.05) is 53.2 Å². The van der Waals surface area contributed by atoms with Gasteiger partial charge < -0.3 is 15.6 Å². The molecule has 144 valence electrons. The van der Waals surface area contributed by atoms with E-state index in [4.69, 9.17) is 0 Å². The second kappa shape index (κ2) is 7.90. The standard InChI is InChI=1S/C23H26N4O/c1-16(2)27-12-10-17(11-13-27)21-15-24-22-9-8-19(14-20(21)22)26-23(28)25-18-6-4-3-5-7-18/h3-10,14-16,24H,11-13H2,1-2H3,(H2,25,26,28). The van der Waals surface area contributed by atoms with Gasteiger partial charge in [0.25, 0.3) is 0 Å². The molecule has 0 fully saturated rings. The van der Waals surface area contributed by atoms with Crippen LogP contribution in [0.5, 0.6) is 0 Å². The second-order valence-electron chi connectivity index (χ2n) is 7.48. The minimum atomic E-state index is -0.243. The summed E-state index contributed by atoms with van der Waals surface area (Å²) in [4.78, 5) is 18.1. The van der Waals surface area contributed by atoms with E-state index in [0.29, 0.717) is 6.04 Å². The van der Waals surface area contributed by atoms with Crippen LogP contribution in [-0.2, 0) is 0 Å². The number of hydrogen-bond donors (Lipinski definition) is 3. The van der Waals surface area contributed by atoms with Crippen LogP contribution in [0.25, 0.3) is 16.5 Å². The Morgan fingerprint density at radius 1 is 1.07 bits per heavy atom. The van der Waals surface area contributed by atoms with Crippen molar-refractivity contribution in [1.82, 2.24) is 9.88 Å². The normalized spacial score (nSPS) is 14.9. The van der Waals surface area contributed by atoms with Crippen molar-refractivity contribution in [2.45, 2.75) is 26.3 Å². The Hall–Kier alpha value is -3.05. The molecule has 28 heavy (non-hydrogen) atoms. The number of nitrogens with zero attached hydrogens (tertiary/aromatic N) is 1. The monoisotopic (exact) mass is 374 g/mol. The quantitative estimate of drug-likeness (QED) is 0.580. The van der Waals surface area contributed by atoms with E-state index in [9.17, 15) is 4.79 Å². The Morgan fingerprint density at radius 2 is 1.86 bits per heavy atom. The zero-order valence-corrected chi connectivity index (χ0v) is 16.3. The number of carbonyl (C=O) groups excluding carboxylic acids is 1. The summed E-state index contributed by atoms with van der Waals surface area (Å²) in [5.74, 6) is 0. The van der Waals surface area contributed by atoms with E-state index in [1.54, 1.807) is 0 Å². The highest BCUT2D eigenvalue weighted by molar-refractivity contribution is 6.02. The van der Waals surface area contributed by atoms with Gasteiger partial charge in [-0.15, -0.1) is 0 Å². The van der Waals surface area contributed by atoms with E-state index in [2.05, 4.69) is 46.6 Å². The zero-order chi connectivity index (χ0) is 19.5. The van der Waals surface area contributed by atoms with Crippen LogP contribution in [-0.4, -0.2) is 35.0 Å². The highest BCUT2D eigenvalue weighted by Crippen LogP contribution is 2.31. The first-order valence-electron chi connectivity index (χ1n) is 9.78. The number of nitrogens with one attached hydrogen (secondary N) is 3. The maximum Gasteiger partial charge on any atom is 0.323 e. The molecule has 2 heterocycles. The number of fused-ring (bicyclic) bond motifs is 1. The summed E-state index contributed by atoms with van der Waals surface area (Å²) >= 11 is 0. The molecule has 0 bridgehead atoms. The molecule has 0 radical (unpaired) electrons. The van der Waals surface area contributed by atoms with E-state index >= 15 is 0 Å². The fourth-order valence-electron chi connectivity index (χ4n) is 3.68. The Balaban J connectivity index is 1.53. The molecular formula is C23H26N4O. The van der Waals surface area contributed by atoms with Gasteiger partial charge in [0.1, 0.15) is 0 Å². The van der Waals surface area contributed by atoms with Gasteiger partial charge in [-0.2, -0.15) is 0 Å². The number of rotatable bonds is 4. The van der Waals surface area contributed by atoms with Gasteiger partial charge in [0.15, 0.2) is 0 Å². The van der Waals surface area contributed by atoms with Crippen molar-refractivity contribution in [3.63, 3.8) is 0 Å². The largest absolute Gasteiger partial charge is 0.361 e. The number of carbonyl (C=O) groups is 1. The van der Waals surface area contributed by atoms with Crippen molar-refractivity contribution in [1.29, 1.82) is 0 Å². The van der Waals surface area contributed by atoms with Crippen LogP contribution < -0.4 is 10.6 Å². The summed E-state index contributed by atoms with van der Waals surface area (Å²) in [5.41, 5.74) is 5.23. The SMILES string of the molecule is CC(C)N1CC=C(c2c[nH]c3ccc(NC(=O)Nc4ccccc4)cc23)CC1. The molecule has 1 aliphatic rings. The third-order valence-electron chi connectivity index (χ3n) is 5.29. The molecular weight excluding hydrogens is 348 g/mol. The van der Waals surface area contributed by atoms with Crippen LogP contribution in [0.4, 0.5) is 16.2 Å². The minimum Gasteiger partial charge on any atom is -0.361 e. The van der Waals surface area contributed by atoms with Gasteiger partial charge in [-0.25, -0.2) is 4.79 Å². The van der Waals surface area contributed by atoms with Crippen molar-refractivity contribution in [2.75, 3.05) is 23.7 Å². The highest BCUT2D eigenvalue weighted by atomic mass is 16.2. The molecule has 1 aliphatic heterocycles. The summed E-state index contributed by atoms with van der Waals surface area (Å²) in [6, 6.07) is 15.7. The number of aromatic amines is 1. The zero-order valence-electron chi connectivity index (χ0n) is 16.3. The number of aromatic nitrogens is 1. The van der Waals surface area contributed by atoms with Crippen LogP contribution in [0.1, 0.15) is 25.8 Å². The van der Waals surface area contributed by atoms with Crippen molar-refractivity contribution < 1.29 is 4.79 Å². The van der Waals surface area contributed by atoms with Gasteiger partial charge in [-0.05, 0) is 56.2 Å². The third-order valence-corrected chi connectivity index (χ3v) is 5.29. The number of para-hydroxylation sites is 1. The molecule has 0 saturated heterocycles. The lowest BCUT2D eigenvalue weighted by Gasteiger charge is -2.29. The molecule has 0 atom stereocenters. The predicted molar refractivity (Wildman–Crippen MR) is 117 cm³/mol. The Kier molecular flexibility index (Phi) is 5.17. The first-order valence-corrected chi connectivity index (χ1v) is 9.78. The summed E-state index contributed by atoms with van der Waals surface area (Å²) in [6.45, 7) is 6.54. The fraction of sp³-hybridized carbons (Fsp3) is 0.261. The van der Waals surface area contributed by atoms with Gasteiger partial charge in [-0.1, -0.05) is 24.3 Å². The highest BCUT2D eigenvalue weighted by Gasteiger charge is 2.17. The van der Waals surface area contributed by atoms with Gasteiger partial charge in [-0.3, -0.25) is 4.90 Å². The van der Waals surface area contributed by atoms with Crippen molar-refractivity contribution in [2.24, 2.45) is 0 Å². The van der Waals surface area contributed by atoms with Crippen LogP contribution in [0.3, 0.4) is 0 Å². The predicted octanol–water partition coefficient (Wildman–Crippen LogP) is 5.31. The van der Waals surface area contributed by atoms with Gasteiger partial charge >= 0.3 is 6.03 Å². The Morgan fingerprint density at radius 3 is 2.57 bits per heavy atom. The van der Waals surface area contributed by atoms with Gasteiger partial charge in [0.2, 0.25) is 0 Å². The molecule has 2 amide bonds. The lowest BCUT2D eigenvalue weighted by Crippen LogP contribution is -2.34. The maximum atomic E-state index is 12.3. The average molecular weight is 374 g/mol. The molecule has 5 nitrogen and oxygen atoms in total. The number of urea groups is 1. The van der Waals surface area contributed by atoms with Crippen LogP contribution in [0, 0.1) is 0 Å². The summed E-state index contributed by atoms with van der Waals surface area (Å²) < 4.78 is 0. The van der Waals surface area contributed by atoms with Crippen molar-refractivity contribution in [3.8, 4) is 0 Å². The van der Waals surface area contributed by atoms with Gasteiger partial charge in [0.05, 0.1) is 0 Å². The molecule has 0 saturated carbocycles. The van der Waals surface area contributed by atoms with E-state index in [0.717, 1.165) is 41.8 Å². The molecule has 2 aromatic carbocycles. The topological polar surface area (TPSA) is 60.2 Å². The first-order chi connectivity index (χ1) is 13.6. The molecule has 0 aliphatic carbocycles. The Labute approximate surface area is 165 Å². The van der Waals surface area contributed by atoms with Crippen LogP contribution in [0.15, 0.2) is 60.8 Å². The second-order valence-corrected chi connectivity index (χ2v) is 7.48. The van der Waals surface area contributed by atoms with Crippen LogP contribution in [0.2, 0.25) is 0 Å². The van der Waals surface area contributed by atoms with E-state index in [1.165, 1.54) is 11.1 Å². The molecule has 0 unspecified atom stereocenters. The molecule has 5 heteroatoms. The molecule has 1 aromatic heterocycles. The lowest BCUT2D eigenvalue weighted by atomic mass is 9.98. The average Bonchev–Trinajstić information content (AvgIpc) is 3.12. The molecule has 3 N–H and O–H groups in total. The number of anilines is 2. The lowest BCUT2D eigenvalue weighted by molar-refractivity contribution is 0.245. The van der Waals surface area contributed by atoms with E-state index in [-0.39, 0.29) is 6.03 Å². The summed E-state index contributed by atoms with van der Waals surface area (Å²) in [6.07, 6.45) is 5.45. The van der Waals surface area contributed by atoms with Crippen molar-refractivity contribution in [3.05, 3.63) is 66.4 Å². The molecule has 3 aromatic rings. The van der Waals surface area contributed by atoms with Crippen molar-refractivity contribution >= 4 is 33.9 Å². The van der Waals surface area contributed by atoms with Crippen LogP contribution >= 0.6 is 0 Å². The first kappa shape index (κ1) is 18.3. The number of benzene rings is 2. The maximum absolute atomic E-state index is 12.3. The summed E-state index contributed by atoms with van der Waals surface area (Å²) in [5, 5.41) is 6.92. The minimum absolute atomic E-state index is 0.243.